The van der Waals surface area contributed by atoms with E-state index in [0.29, 0.717) is 26.4 Å². The van der Waals surface area contributed by atoms with E-state index in [4.69, 9.17) is 18.8 Å². The zero-order chi connectivity index (χ0) is 16.3. The van der Waals surface area contributed by atoms with Gasteiger partial charge in [0.25, 0.3) is 0 Å². The van der Waals surface area contributed by atoms with E-state index in [1.807, 2.05) is 0 Å². The van der Waals surface area contributed by atoms with Crippen LogP contribution in [0.15, 0.2) is 0 Å². The van der Waals surface area contributed by atoms with Gasteiger partial charge in [0, 0.05) is 0 Å². The molecule has 3 unspecified atom stereocenters. The third-order valence-electron chi connectivity index (χ3n) is 3.99. The van der Waals surface area contributed by atoms with Crippen LogP contribution in [0.1, 0.15) is 47.5 Å². The Balaban J connectivity index is 3.58. The highest BCUT2D eigenvalue weighted by Gasteiger charge is 2.27. The van der Waals surface area contributed by atoms with Crippen molar-refractivity contribution in [3.05, 3.63) is 0 Å². The maximum absolute atomic E-state index is 10.3. The van der Waals surface area contributed by atoms with Gasteiger partial charge in [-0.25, -0.2) is 4.18 Å². The van der Waals surface area contributed by atoms with Gasteiger partial charge in [0.05, 0.1) is 32.5 Å². The lowest BCUT2D eigenvalue weighted by Gasteiger charge is -2.33. The summed E-state index contributed by atoms with van der Waals surface area (Å²) in [5.74, 6) is 0. The maximum Gasteiger partial charge on any atom is 0.304 e. The molecule has 0 saturated heterocycles. The molecule has 0 fully saturated rings. The lowest BCUT2D eigenvalue weighted by molar-refractivity contribution is -0.0898. The highest BCUT2D eigenvalue weighted by atomic mass is 32.2. The monoisotopic (exact) mass is 326 g/mol. The summed E-state index contributed by atoms with van der Waals surface area (Å²) < 4.78 is 39.6. The number of ether oxygens (including phenoxy) is 3. The average Bonchev–Trinajstić information content (AvgIpc) is 2.44. The molecule has 128 valence electrons. The zero-order valence-electron chi connectivity index (χ0n) is 13.8. The Hall–Kier alpha value is -0.0500. The van der Waals surface area contributed by atoms with Gasteiger partial charge in [-0.2, -0.15) is 4.21 Å². The van der Waals surface area contributed by atoms with E-state index < -0.39 is 17.7 Å². The number of rotatable bonds is 13. The van der Waals surface area contributed by atoms with E-state index >= 15 is 0 Å². The maximum atomic E-state index is 10.3. The summed E-state index contributed by atoms with van der Waals surface area (Å²) in [7, 11) is 0. The van der Waals surface area contributed by atoms with Gasteiger partial charge in [-0.3, -0.25) is 4.55 Å². The molecule has 0 spiro atoms. The molecule has 0 aliphatic rings. The zero-order valence-corrected chi connectivity index (χ0v) is 14.6. The van der Waals surface area contributed by atoms with Crippen LogP contribution in [0.2, 0.25) is 0 Å². The second-order valence-corrected chi connectivity index (χ2v) is 5.86. The fraction of sp³-hybridized carbons (Fsp3) is 1.00. The number of hydrogen-bond donors (Lipinski definition) is 1. The summed E-state index contributed by atoms with van der Waals surface area (Å²) in [6, 6.07) is 0. The average molecular weight is 326 g/mol. The van der Waals surface area contributed by atoms with Crippen molar-refractivity contribution in [1.82, 2.24) is 0 Å². The van der Waals surface area contributed by atoms with Crippen LogP contribution < -0.4 is 0 Å². The van der Waals surface area contributed by atoms with Crippen LogP contribution in [0, 0.1) is 5.41 Å². The standard InChI is InChI=1S/C14H30O6S/c1-6-14(5,7-2)12(3)18-10-8-17-9-11-19-13(4)20-21(15)16/h12-13H,6-11H2,1-5H3,(H,15,16). The molecule has 0 saturated carbocycles. The Bertz CT molecular complexity index is 283. The van der Waals surface area contributed by atoms with Crippen molar-refractivity contribution in [1.29, 1.82) is 0 Å². The van der Waals surface area contributed by atoms with Gasteiger partial charge in [-0.05, 0) is 32.1 Å². The predicted octanol–water partition coefficient (Wildman–Crippen LogP) is 2.75. The molecule has 0 aromatic rings. The van der Waals surface area contributed by atoms with E-state index in [0.717, 1.165) is 12.8 Å². The fourth-order valence-corrected chi connectivity index (χ4v) is 2.12. The second-order valence-electron chi connectivity index (χ2n) is 5.24. The first-order chi connectivity index (χ1) is 9.85. The van der Waals surface area contributed by atoms with Crippen molar-refractivity contribution < 1.29 is 27.2 Å². The van der Waals surface area contributed by atoms with Crippen molar-refractivity contribution in [2.45, 2.75) is 59.9 Å². The van der Waals surface area contributed by atoms with Crippen LogP contribution in [0.4, 0.5) is 0 Å². The molecule has 21 heavy (non-hydrogen) atoms. The van der Waals surface area contributed by atoms with Crippen LogP contribution >= 0.6 is 0 Å². The Kier molecular flexibility index (Phi) is 11.5. The third kappa shape index (κ3) is 9.55. The summed E-state index contributed by atoms with van der Waals surface area (Å²) in [5, 5.41) is 0. The lowest BCUT2D eigenvalue weighted by atomic mass is 9.80. The topological polar surface area (TPSA) is 74.2 Å². The van der Waals surface area contributed by atoms with Gasteiger partial charge in [0.15, 0.2) is 6.29 Å². The van der Waals surface area contributed by atoms with Gasteiger partial charge in [0.1, 0.15) is 0 Å². The fourth-order valence-electron chi connectivity index (χ4n) is 1.83. The molecule has 1 N–H and O–H groups in total. The molecule has 7 heteroatoms. The minimum Gasteiger partial charge on any atom is -0.377 e. The van der Waals surface area contributed by atoms with E-state index in [2.05, 4.69) is 31.9 Å². The quantitative estimate of drug-likeness (QED) is 0.319. The van der Waals surface area contributed by atoms with Crippen molar-refractivity contribution >= 4 is 11.4 Å². The van der Waals surface area contributed by atoms with Crippen LogP contribution in [0.25, 0.3) is 0 Å². The molecule has 0 radical (unpaired) electrons. The van der Waals surface area contributed by atoms with Gasteiger partial charge in [-0.15, -0.1) is 0 Å². The van der Waals surface area contributed by atoms with E-state index in [-0.39, 0.29) is 11.5 Å². The van der Waals surface area contributed by atoms with Crippen molar-refractivity contribution in [2.24, 2.45) is 5.41 Å². The smallest absolute Gasteiger partial charge is 0.304 e. The van der Waals surface area contributed by atoms with Crippen molar-refractivity contribution in [2.75, 3.05) is 26.4 Å². The van der Waals surface area contributed by atoms with Crippen LogP contribution in [-0.2, 0) is 29.8 Å². The molecule has 0 aromatic carbocycles. The lowest BCUT2D eigenvalue weighted by Crippen LogP contribution is -2.32. The van der Waals surface area contributed by atoms with Gasteiger partial charge < -0.3 is 14.2 Å². The van der Waals surface area contributed by atoms with Gasteiger partial charge in [0.2, 0.25) is 0 Å². The summed E-state index contributed by atoms with van der Waals surface area (Å²) in [5.41, 5.74) is 0.204. The highest BCUT2D eigenvalue weighted by molar-refractivity contribution is 7.74. The summed E-state index contributed by atoms with van der Waals surface area (Å²) in [6.07, 6.45) is 1.64. The molecular weight excluding hydrogens is 296 g/mol. The Morgan fingerprint density at radius 1 is 1.05 bits per heavy atom. The molecule has 0 aromatic heterocycles. The molecule has 0 rings (SSSR count). The first kappa shape index (κ1) is 20.9. The summed E-state index contributed by atoms with van der Waals surface area (Å²) in [4.78, 5) is 0. The first-order valence-corrected chi connectivity index (χ1v) is 8.47. The molecule has 0 aliphatic carbocycles. The van der Waals surface area contributed by atoms with E-state index in [1.54, 1.807) is 6.92 Å². The molecule has 0 aliphatic heterocycles. The molecule has 3 atom stereocenters. The predicted molar refractivity (Wildman–Crippen MR) is 82.2 cm³/mol. The second kappa shape index (κ2) is 11.5. The van der Waals surface area contributed by atoms with Crippen LogP contribution in [0.3, 0.4) is 0 Å². The van der Waals surface area contributed by atoms with Crippen molar-refractivity contribution in [3.8, 4) is 0 Å². The Morgan fingerprint density at radius 3 is 2.05 bits per heavy atom. The molecular formula is C14H30O6S. The van der Waals surface area contributed by atoms with Gasteiger partial charge in [-0.1, -0.05) is 20.8 Å². The molecule has 6 nitrogen and oxygen atoms in total. The van der Waals surface area contributed by atoms with Gasteiger partial charge >= 0.3 is 11.4 Å². The third-order valence-corrected chi connectivity index (χ3v) is 4.43. The highest BCUT2D eigenvalue weighted by Crippen LogP contribution is 2.31. The molecule has 0 amide bonds. The normalized spacial score (nSPS) is 16.7. The van der Waals surface area contributed by atoms with E-state index in [1.165, 1.54) is 0 Å². The van der Waals surface area contributed by atoms with E-state index in [9.17, 15) is 4.21 Å². The largest absolute Gasteiger partial charge is 0.377 e. The number of hydrogen-bond acceptors (Lipinski definition) is 5. The van der Waals surface area contributed by atoms with Crippen LogP contribution in [0.5, 0.6) is 0 Å². The van der Waals surface area contributed by atoms with Crippen molar-refractivity contribution in [3.63, 3.8) is 0 Å². The Labute approximate surface area is 131 Å². The first-order valence-electron chi connectivity index (χ1n) is 7.44. The summed E-state index contributed by atoms with van der Waals surface area (Å²) in [6.45, 7) is 12.0. The minimum absolute atomic E-state index is 0.195. The Morgan fingerprint density at radius 2 is 1.57 bits per heavy atom. The SMILES string of the molecule is CCC(C)(CC)C(C)OCCOCCOC(C)OS(=O)O. The molecule has 0 bridgehead atoms. The minimum atomic E-state index is -2.31. The summed E-state index contributed by atoms with van der Waals surface area (Å²) >= 11 is -2.31. The van der Waals surface area contributed by atoms with Crippen LogP contribution in [-0.4, -0.2) is 47.6 Å². The molecule has 0 heterocycles.